The van der Waals surface area contributed by atoms with E-state index in [1.807, 2.05) is 21.1 Å². The minimum absolute atomic E-state index is 0.255. The molecule has 9 nitrogen and oxygen atoms in total. The van der Waals surface area contributed by atoms with Gasteiger partial charge in [-0.15, -0.1) is 0 Å². The third-order valence-electron chi connectivity index (χ3n) is 1.85. The predicted octanol–water partition coefficient (Wildman–Crippen LogP) is -1.52. The smallest absolute Gasteiger partial charge is 0.328 e. The minimum atomic E-state index is -1.26. The summed E-state index contributed by atoms with van der Waals surface area (Å²) in [7, 11) is 5.68. The van der Waals surface area contributed by atoms with Crippen LogP contribution in [0.3, 0.4) is 0 Å². The summed E-state index contributed by atoms with van der Waals surface area (Å²) in [6.07, 6.45) is 0.247. The quantitative estimate of drug-likeness (QED) is 0.327. The molecule has 0 heterocycles. The van der Waals surface area contributed by atoms with Crippen molar-refractivity contribution in [3.8, 4) is 0 Å². The van der Waals surface area contributed by atoms with Crippen LogP contribution in [0, 0.1) is 0 Å². The molecule has 126 valence electrons. The molecule has 22 heavy (non-hydrogen) atoms. The summed E-state index contributed by atoms with van der Waals surface area (Å²) in [4.78, 5) is 40.2. The average molecular weight is 319 g/mol. The number of esters is 1. The van der Waals surface area contributed by atoms with Crippen LogP contribution >= 0.6 is 0 Å². The zero-order chi connectivity index (χ0) is 17.9. The summed E-state index contributed by atoms with van der Waals surface area (Å²) in [6, 6.07) is 0. The van der Waals surface area contributed by atoms with Crippen LogP contribution in [0.25, 0.3) is 0 Å². The van der Waals surface area contributed by atoms with Crippen molar-refractivity contribution in [1.82, 2.24) is 0 Å². The Hall–Kier alpha value is -2.42. The van der Waals surface area contributed by atoms with Gasteiger partial charge in [-0.1, -0.05) is 0 Å². The van der Waals surface area contributed by atoms with Crippen molar-refractivity contribution in [3.63, 3.8) is 0 Å². The Morgan fingerprint density at radius 2 is 1.50 bits per heavy atom. The second kappa shape index (κ2) is 10.3. The fourth-order valence-electron chi connectivity index (χ4n) is 1.32. The Kier molecular flexibility index (Phi) is 10.3. The van der Waals surface area contributed by atoms with Gasteiger partial charge in [0.05, 0.1) is 21.1 Å². The minimum Gasteiger partial charge on any atom is -0.550 e. The van der Waals surface area contributed by atoms with Crippen molar-refractivity contribution in [1.29, 1.82) is 0 Å². The number of ether oxygens (including phenoxy) is 1. The molecule has 0 aromatic carbocycles. The number of quaternary nitrogens is 1. The van der Waals surface area contributed by atoms with Crippen LogP contribution in [0.1, 0.15) is 13.3 Å². The second-order valence-electron chi connectivity index (χ2n) is 5.29. The van der Waals surface area contributed by atoms with E-state index in [0.29, 0.717) is 23.2 Å². The van der Waals surface area contributed by atoms with Gasteiger partial charge >= 0.3 is 17.9 Å². The average Bonchev–Trinajstić information content (AvgIpc) is 2.22. The van der Waals surface area contributed by atoms with Crippen LogP contribution in [0.2, 0.25) is 0 Å². The first-order valence-electron chi connectivity index (χ1n) is 6.15. The molecular weight excluding hydrogens is 298 g/mol. The zero-order valence-corrected chi connectivity index (χ0v) is 12.9. The van der Waals surface area contributed by atoms with E-state index in [1.165, 1.54) is 6.92 Å². The number of hydrogen-bond donors (Lipinski definition) is 2. The van der Waals surface area contributed by atoms with Crippen LogP contribution in [-0.2, 0) is 23.9 Å². The van der Waals surface area contributed by atoms with Crippen molar-refractivity contribution in [3.05, 3.63) is 12.2 Å². The highest BCUT2D eigenvalue weighted by Gasteiger charge is 2.20. The number of nitrogens with zero attached hydrogens (tertiary/aromatic N) is 1. The normalized spacial score (nSPS) is 12.0. The first-order valence-corrected chi connectivity index (χ1v) is 6.15. The SMILES string of the molecule is CC(=O)O[C@H](CC(=O)[O-])C[N+](C)(C)C.O=C(O)/C=C/C(=O)O. The first-order chi connectivity index (χ1) is 9.83. The van der Waals surface area contributed by atoms with Crippen LogP contribution in [0.4, 0.5) is 0 Å². The summed E-state index contributed by atoms with van der Waals surface area (Å²) in [5, 5.41) is 26.0. The zero-order valence-electron chi connectivity index (χ0n) is 12.9. The summed E-state index contributed by atoms with van der Waals surface area (Å²) in [5.41, 5.74) is 0. The first kappa shape index (κ1) is 21.9. The Morgan fingerprint density at radius 3 is 1.73 bits per heavy atom. The van der Waals surface area contributed by atoms with Gasteiger partial charge in [-0.05, 0) is 0 Å². The van der Waals surface area contributed by atoms with E-state index in [1.54, 1.807) is 0 Å². The van der Waals surface area contributed by atoms with Gasteiger partial charge in [0.25, 0.3) is 0 Å². The van der Waals surface area contributed by atoms with E-state index >= 15 is 0 Å². The molecule has 2 N–H and O–H groups in total. The lowest BCUT2D eigenvalue weighted by Gasteiger charge is -2.28. The van der Waals surface area contributed by atoms with Crippen LogP contribution in [0.15, 0.2) is 12.2 Å². The van der Waals surface area contributed by atoms with Crippen molar-refractivity contribution in [2.24, 2.45) is 0 Å². The van der Waals surface area contributed by atoms with Crippen LogP contribution < -0.4 is 5.11 Å². The summed E-state index contributed by atoms with van der Waals surface area (Å²) < 4.78 is 5.39. The molecule has 0 saturated heterocycles. The van der Waals surface area contributed by atoms with Crippen LogP contribution in [-0.4, -0.2) is 72.4 Å². The molecule has 0 bridgehead atoms. The Bertz CT molecular complexity index is 404. The highest BCUT2D eigenvalue weighted by molar-refractivity contribution is 5.89. The topological polar surface area (TPSA) is 141 Å². The monoisotopic (exact) mass is 319 g/mol. The van der Waals surface area contributed by atoms with Gasteiger partial charge in [0.2, 0.25) is 0 Å². The van der Waals surface area contributed by atoms with E-state index in [4.69, 9.17) is 14.9 Å². The lowest BCUT2D eigenvalue weighted by atomic mass is 10.2. The van der Waals surface area contributed by atoms with Gasteiger partial charge in [0.1, 0.15) is 6.54 Å². The lowest BCUT2D eigenvalue weighted by molar-refractivity contribution is -0.873. The number of aliphatic carboxylic acids is 3. The van der Waals surface area contributed by atoms with Gasteiger partial charge in [-0.25, -0.2) is 9.59 Å². The largest absolute Gasteiger partial charge is 0.550 e. The van der Waals surface area contributed by atoms with E-state index in [2.05, 4.69) is 0 Å². The maximum Gasteiger partial charge on any atom is 0.328 e. The van der Waals surface area contributed by atoms with Gasteiger partial charge < -0.3 is 29.3 Å². The molecule has 0 fully saturated rings. The third-order valence-corrected chi connectivity index (χ3v) is 1.85. The molecule has 1 atom stereocenters. The van der Waals surface area contributed by atoms with Gasteiger partial charge in [-0.2, -0.15) is 0 Å². The number of likely N-dealkylation sites (N-methyl/N-ethyl adjacent to an activating group) is 1. The second-order valence-corrected chi connectivity index (χ2v) is 5.29. The Labute approximate surface area is 128 Å². The summed E-state index contributed by atoms with van der Waals surface area (Å²) in [5.74, 6) is -4.19. The molecule has 0 amide bonds. The molecule has 0 aromatic rings. The lowest BCUT2D eigenvalue weighted by Crippen LogP contribution is -2.45. The molecule has 0 spiro atoms. The van der Waals surface area contributed by atoms with Crippen molar-refractivity contribution >= 4 is 23.9 Å². The van der Waals surface area contributed by atoms with Crippen molar-refractivity contribution < 1.29 is 43.7 Å². The molecule has 0 aromatic heterocycles. The molecule has 9 heteroatoms. The van der Waals surface area contributed by atoms with E-state index in [9.17, 15) is 24.3 Å². The molecular formula is C13H21NO8. The van der Waals surface area contributed by atoms with Crippen LogP contribution in [0.5, 0.6) is 0 Å². The van der Waals surface area contributed by atoms with E-state index in [-0.39, 0.29) is 6.42 Å². The number of hydrogen-bond acceptors (Lipinski definition) is 6. The predicted molar refractivity (Wildman–Crippen MR) is 72.5 cm³/mol. The summed E-state index contributed by atoms with van der Waals surface area (Å²) in [6.45, 7) is 1.71. The number of rotatable bonds is 7. The standard InChI is InChI=1S/C9H17NO4.C4H4O4/c1-7(11)14-8(5-9(12)13)6-10(2,3)4;5-3(6)1-2-4(7)8/h8H,5-6H2,1-4H3;1-2H,(H,5,6)(H,7,8)/b;2-1+/t8-;/m1./s1. The Balaban J connectivity index is 0. The third kappa shape index (κ3) is 19.9. The molecule has 0 unspecified atom stereocenters. The van der Waals surface area contributed by atoms with E-state index in [0.717, 1.165) is 0 Å². The summed E-state index contributed by atoms with van der Waals surface area (Å²) >= 11 is 0. The molecule has 0 aliphatic carbocycles. The maximum atomic E-state index is 10.7. The fourth-order valence-corrected chi connectivity index (χ4v) is 1.32. The molecule has 0 rings (SSSR count). The van der Waals surface area contributed by atoms with Gasteiger partial charge in [0.15, 0.2) is 6.10 Å². The highest BCUT2D eigenvalue weighted by Crippen LogP contribution is 2.04. The van der Waals surface area contributed by atoms with Crippen molar-refractivity contribution in [2.75, 3.05) is 27.7 Å². The molecule has 0 aliphatic rings. The molecule has 0 radical (unpaired) electrons. The Morgan fingerprint density at radius 1 is 1.09 bits per heavy atom. The number of carboxylic acids is 3. The van der Waals surface area contributed by atoms with Crippen molar-refractivity contribution in [2.45, 2.75) is 19.4 Å². The molecule has 0 aliphatic heterocycles. The number of carboxylic acid groups (broad SMARTS) is 3. The number of carbonyl (C=O) groups is 4. The fraction of sp³-hybridized carbons (Fsp3) is 0.538. The maximum absolute atomic E-state index is 10.7. The number of carbonyl (C=O) groups excluding carboxylic acids is 2. The highest BCUT2D eigenvalue weighted by atomic mass is 16.5. The van der Waals surface area contributed by atoms with E-state index < -0.39 is 30.0 Å². The van der Waals surface area contributed by atoms with Gasteiger partial charge in [0, 0.05) is 31.5 Å². The van der Waals surface area contributed by atoms with Gasteiger partial charge in [-0.3, -0.25) is 4.79 Å². The molecule has 0 saturated carbocycles.